The van der Waals surface area contributed by atoms with Crippen molar-refractivity contribution in [1.29, 1.82) is 0 Å². The third-order valence-corrected chi connectivity index (χ3v) is 4.36. The Balaban J connectivity index is 1.63. The summed E-state index contributed by atoms with van der Waals surface area (Å²) in [7, 11) is 0. The van der Waals surface area contributed by atoms with Gasteiger partial charge in [-0.1, -0.05) is 66.7 Å². The molecule has 1 heterocycles. The van der Waals surface area contributed by atoms with Crippen molar-refractivity contribution in [2.75, 3.05) is 5.43 Å². The van der Waals surface area contributed by atoms with E-state index < -0.39 is 0 Å². The van der Waals surface area contributed by atoms with Crippen molar-refractivity contribution >= 4 is 17.4 Å². The highest BCUT2D eigenvalue weighted by atomic mass is 16.5. The predicted octanol–water partition coefficient (Wildman–Crippen LogP) is 4.80. The predicted molar refractivity (Wildman–Crippen MR) is 102 cm³/mol. The molecule has 1 aliphatic rings. The van der Waals surface area contributed by atoms with E-state index in [2.05, 4.69) is 10.5 Å². The summed E-state index contributed by atoms with van der Waals surface area (Å²) in [6, 6.07) is 27.2. The van der Waals surface area contributed by atoms with Gasteiger partial charge < -0.3 is 4.74 Å². The zero-order valence-electron chi connectivity index (χ0n) is 14.1. The molecule has 4 heteroatoms. The third-order valence-electron chi connectivity index (χ3n) is 4.36. The smallest absolute Gasteiger partial charge is 0.339 e. The summed E-state index contributed by atoms with van der Waals surface area (Å²) in [5.41, 5.74) is 7.40. The Morgan fingerprint density at radius 1 is 0.885 bits per heavy atom. The molecule has 1 aliphatic heterocycles. The largest absolute Gasteiger partial charge is 0.453 e. The van der Waals surface area contributed by atoms with Gasteiger partial charge in [0.1, 0.15) is 6.10 Å². The van der Waals surface area contributed by atoms with Crippen LogP contribution in [0.3, 0.4) is 0 Å². The van der Waals surface area contributed by atoms with Crippen molar-refractivity contribution in [1.82, 2.24) is 0 Å². The number of esters is 1. The number of benzene rings is 3. The van der Waals surface area contributed by atoms with Gasteiger partial charge in [-0.15, -0.1) is 0 Å². The highest BCUT2D eigenvalue weighted by Gasteiger charge is 2.31. The molecule has 0 fully saturated rings. The Kier molecular flexibility index (Phi) is 4.48. The Morgan fingerprint density at radius 2 is 1.54 bits per heavy atom. The molecule has 26 heavy (non-hydrogen) atoms. The van der Waals surface area contributed by atoms with E-state index >= 15 is 0 Å². The molecular weight excluding hydrogens is 324 g/mol. The normalized spacial score (nSPS) is 16.1. The van der Waals surface area contributed by atoms with Crippen LogP contribution < -0.4 is 5.43 Å². The van der Waals surface area contributed by atoms with E-state index in [1.807, 2.05) is 78.9 Å². The zero-order chi connectivity index (χ0) is 17.8. The summed E-state index contributed by atoms with van der Waals surface area (Å²) in [6.07, 6.45) is 0.183. The quantitative estimate of drug-likeness (QED) is 0.411. The molecule has 0 aromatic heterocycles. The molecule has 128 valence electrons. The first-order valence-corrected chi connectivity index (χ1v) is 8.54. The zero-order valence-corrected chi connectivity index (χ0v) is 14.1. The van der Waals surface area contributed by atoms with Crippen LogP contribution >= 0.6 is 0 Å². The number of para-hydroxylation sites is 1. The minimum atomic E-state index is -0.324. The topological polar surface area (TPSA) is 50.7 Å². The summed E-state index contributed by atoms with van der Waals surface area (Å²) in [5, 5.41) is 4.60. The van der Waals surface area contributed by atoms with Crippen LogP contribution in [0, 0.1) is 0 Å². The second kappa shape index (κ2) is 7.23. The number of hydrogen-bond donors (Lipinski definition) is 1. The molecule has 4 nitrogen and oxygen atoms in total. The molecule has 1 unspecified atom stereocenters. The fraction of sp³-hybridized carbons (Fsp3) is 0.0909. The van der Waals surface area contributed by atoms with Crippen molar-refractivity contribution < 1.29 is 9.53 Å². The van der Waals surface area contributed by atoms with Crippen molar-refractivity contribution in [3.05, 3.63) is 102 Å². The summed E-state index contributed by atoms with van der Waals surface area (Å²) in [5.74, 6) is -0.269. The number of cyclic esters (lactones) is 1. The number of rotatable bonds is 5. The molecular formula is C22H18N2O2. The van der Waals surface area contributed by atoms with Crippen LogP contribution in [0.25, 0.3) is 0 Å². The van der Waals surface area contributed by atoms with E-state index in [0.717, 1.165) is 22.5 Å². The average Bonchev–Trinajstić information content (AvgIpc) is 3.02. The lowest BCUT2D eigenvalue weighted by Gasteiger charge is -2.14. The molecule has 0 saturated carbocycles. The molecule has 0 amide bonds. The number of nitrogens with zero attached hydrogens (tertiary/aromatic N) is 1. The molecule has 0 radical (unpaired) electrons. The van der Waals surface area contributed by atoms with Gasteiger partial charge in [0.2, 0.25) is 0 Å². The maximum atomic E-state index is 12.1. The Bertz CT molecular complexity index is 937. The van der Waals surface area contributed by atoms with Crippen LogP contribution in [0.5, 0.6) is 0 Å². The number of hydrazone groups is 1. The van der Waals surface area contributed by atoms with Gasteiger partial charge in [0.15, 0.2) is 0 Å². The SMILES string of the molecule is O=C1OC(CC(=NNc2ccccc2)c2ccccc2)c2ccccc21. The van der Waals surface area contributed by atoms with Crippen molar-refractivity contribution in [2.45, 2.75) is 12.5 Å². The van der Waals surface area contributed by atoms with Gasteiger partial charge in [-0.25, -0.2) is 4.79 Å². The molecule has 4 rings (SSSR count). The number of ether oxygens (including phenoxy) is 1. The molecule has 1 N–H and O–H groups in total. The molecule has 0 aliphatic carbocycles. The number of anilines is 1. The Labute approximate surface area is 152 Å². The molecule has 1 atom stereocenters. The molecule has 3 aromatic carbocycles. The molecule has 3 aromatic rings. The van der Waals surface area contributed by atoms with Gasteiger partial charge in [-0.3, -0.25) is 5.43 Å². The number of nitrogens with one attached hydrogen (secondary N) is 1. The van der Waals surface area contributed by atoms with E-state index in [0.29, 0.717) is 12.0 Å². The summed E-state index contributed by atoms with van der Waals surface area (Å²) < 4.78 is 5.59. The fourth-order valence-electron chi connectivity index (χ4n) is 3.05. The van der Waals surface area contributed by atoms with Gasteiger partial charge in [0.25, 0.3) is 0 Å². The summed E-state index contributed by atoms with van der Waals surface area (Å²) in [4.78, 5) is 12.1. The second-order valence-corrected chi connectivity index (χ2v) is 6.09. The molecule has 0 bridgehead atoms. The number of hydrogen-bond acceptors (Lipinski definition) is 4. The Morgan fingerprint density at radius 3 is 2.31 bits per heavy atom. The number of carbonyl (C=O) groups is 1. The lowest BCUT2D eigenvalue weighted by atomic mass is 9.98. The Hall–Kier alpha value is -3.40. The van der Waals surface area contributed by atoms with Crippen LogP contribution in [0.15, 0.2) is 90.0 Å². The van der Waals surface area contributed by atoms with Gasteiger partial charge in [-0.05, 0) is 23.8 Å². The minimum absolute atomic E-state index is 0.269. The van der Waals surface area contributed by atoms with E-state index in [1.54, 1.807) is 6.07 Å². The maximum absolute atomic E-state index is 12.1. The van der Waals surface area contributed by atoms with E-state index in [9.17, 15) is 4.79 Å². The first-order valence-electron chi connectivity index (χ1n) is 8.54. The summed E-state index contributed by atoms with van der Waals surface area (Å²) >= 11 is 0. The van der Waals surface area contributed by atoms with Gasteiger partial charge in [0.05, 0.1) is 17.0 Å². The van der Waals surface area contributed by atoms with Gasteiger partial charge in [-0.2, -0.15) is 5.10 Å². The van der Waals surface area contributed by atoms with E-state index in [-0.39, 0.29) is 12.1 Å². The lowest BCUT2D eigenvalue weighted by Crippen LogP contribution is -2.11. The molecule has 0 spiro atoms. The first kappa shape index (κ1) is 16.1. The van der Waals surface area contributed by atoms with Crippen LogP contribution in [0.4, 0.5) is 5.69 Å². The van der Waals surface area contributed by atoms with Crippen molar-refractivity contribution in [3.63, 3.8) is 0 Å². The van der Waals surface area contributed by atoms with Crippen molar-refractivity contribution in [3.8, 4) is 0 Å². The highest BCUT2D eigenvalue weighted by molar-refractivity contribution is 6.02. The van der Waals surface area contributed by atoms with Crippen LogP contribution in [0.1, 0.15) is 34.0 Å². The minimum Gasteiger partial charge on any atom is -0.453 e. The number of carbonyl (C=O) groups excluding carboxylic acids is 1. The average molecular weight is 342 g/mol. The third kappa shape index (κ3) is 3.35. The van der Waals surface area contributed by atoms with Crippen LogP contribution in [-0.4, -0.2) is 11.7 Å². The maximum Gasteiger partial charge on any atom is 0.339 e. The van der Waals surface area contributed by atoms with Gasteiger partial charge in [0, 0.05) is 12.0 Å². The lowest BCUT2D eigenvalue weighted by molar-refractivity contribution is 0.0400. The summed E-state index contributed by atoms with van der Waals surface area (Å²) in [6.45, 7) is 0. The first-order chi connectivity index (χ1) is 12.8. The standard InChI is InChI=1S/C22H18N2O2/c25-22-19-14-8-7-13-18(19)21(26-22)15-20(16-9-3-1-4-10-16)24-23-17-11-5-2-6-12-17/h1-14,21,23H,15H2. The monoisotopic (exact) mass is 342 g/mol. The van der Waals surface area contributed by atoms with E-state index in [1.165, 1.54) is 0 Å². The second-order valence-electron chi connectivity index (χ2n) is 6.09. The fourth-order valence-corrected chi connectivity index (χ4v) is 3.05. The van der Waals surface area contributed by atoms with Crippen molar-refractivity contribution in [2.24, 2.45) is 5.10 Å². The van der Waals surface area contributed by atoms with Gasteiger partial charge >= 0.3 is 5.97 Å². The number of fused-ring (bicyclic) bond motifs is 1. The van der Waals surface area contributed by atoms with Crippen LogP contribution in [-0.2, 0) is 4.74 Å². The van der Waals surface area contributed by atoms with E-state index in [4.69, 9.17) is 4.74 Å². The molecule has 0 saturated heterocycles. The highest BCUT2D eigenvalue weighted by Crippen LogP contribution is 2.33. The van der Waals surface area contributed by atoms with Crippen LogP contribution in [0.2, 0.25) is 0 Å².